The molecule has 0 amide bonds. The van der Waals surface area contributed by atoms with E-state index in [9.17, 15) is 9.59 Å². The highest BCUT2D eigenvalue weighted by atomic mass is 16.5. The van der Waals surface area contributed by atoms with E-state index in [1.165, 1.54) is 0 Å². The fraction of sp³-hybridized carbons (Fsp3) is 0.250. The molecule has 0 radical (unpaired) electrons. The highest BCUT2D eigenvalue weighted by Crippen LogP contribution is 2.14. The topological polar surface area (TPSA) is 130 Å². The molecule has 0 aromatic carbocycles. The van der Waals surface area contributed by atoms with E-state index in [-0.39, 0.29) is 23.0 Å². The summed E-state index contributed by atoms with van der Waals surface area (Å²) in [7, 11) is 2.32. The maximum atomic E-state index is 11.2. The van der Waals surface area contributed by atoms with E-state index in [1.807, 2.05) is 0 Å². The van der Waals surface area contributed by atoms with Crippen LogP contribution in [0.1, 0.15) is 21.0 Å². The first-order valence-electron chi connectivity index (χ1n) is 4.10. The lowest BCUT2D eigenvalue weighted by atomic mass is 10.3. The first-order chi connectivity index (χ1) is 7.51. The lowest BCUT2D eigenvalue weighted by molar-refractivity contribution is 0.0578. The summed E-state index contributed by atoms with van der Waals surface area (Å²) in [5.41, 5.74) is 10.4. The molecule has 8 nitrogen and oxygen atoms in total. The Kier molecular flexibility index (Phi) is 3.24. The van der Waals surface area contributed by atoms with Crippen LogP contribution in [0.3, 0.4) is 0 Å². The molecule has 86 valence electrons. The van der Waals surface area contributed by atoms with Crippen LogP contribution in [0.4, 0.5) is 11.6 Å². The van der Waals surface area contributed by atoms with Gasteiger partial charge in [0.15, 0.2) is 23.0 Å². The summed E-state index contributed by atoms with van der Waals surface area (Å²) in [4.78, 5) is 29.6. The Labute approximate surface area is 90.6 Å². The molecule has 0 aliphatic carbocycles. The van der Waals surface area contributed by atoms with Crippen LogP contribution in [0.2, 0.25) is 0 Å². The van der Waals surface area contributed by atoms with Crippen LogP contribution >= 0.6 is 0 Å². The minimum Gasteiger partial charge on any atom is -0.464 e. The summed E-state index contributed by atoms with van der Waals surface area (Å²) in [5.74, 6) is -2.07. The highest BCUT2D eigenvalue weighted by Gasteiger charge is 2.20. The summed E-state index contributed by atoms with van der Waals surface area (Å²) in [6.45, 7) is 0. The summed E-state index contributed by atoms with van der Waals surface area (Å²) in [5, 5.41) is 0. The zero-order chi connectivity index (χ0) is 12.3. The number of anilines is 2. The van der Waals surface area contributed by atoms with Crippen molar-refractivity contribution in [1.82, 2.24) is 9.97 Å². The first kappa shape index (κ1) is 11.7. The van der Waals surface area contributed by atoms with E-state index in [2.05, 4.69) is 19.4 Å². The Hall–Kier alpha value is -2.38. The van der Waals surface area contributed by atoms with Gasteiger partial charge in [-0.2, -0.15) is 0 Å². The third-order valence-corrected chi connectivity index (χ3v) is 1.71. The largest absolute Gasteiger partial charge is 0.464 e. The summed E-state index contributed by atoms with van der Waals surface area (Å²) in [6.07, 6.45) is 0. The van der Waals surface area contributed by atoms with Crippen molar-refractivity contribution in [2.75, 3.05) is 25.7 Å². The maximum Gasteiger partial charge on any atom is 0.360 e. The van der Waals surface area contributed by atoms with Gasteiger partial charge in [-0.25, -0.2) is 19.6 Å². The Balaban J connectivity index is 3.27. The minimum atomic E-state index is -0.784. The van der Waals surface area contributed by atoms with Gasteiger partial charge in [-0.15, -0.1) is 0 Å². The van der Waals surface area contributed by atoms with E-state index in [1.54, 1.807) is 0 Å². The van der Waals surface area contributed by atoms with Gasteiger partial charge in [0.1, 0.15) is 0 Å². The Morgan fingerprint density at radius 1 is 0.938 bits per heavy atom. The molecule has 0 aliphatic heterocycles. The van der Waals surface area contributed by atoms with Crippen LogP contribution in [0.15, 0.2) is 0 Å². The Morgan fingerprint density at radius 2 is 1.25 bits per heavy atom. The average molecular weight is 226 g/mol. The summed E-state index contributed by atoms with van der Waals surface area (Å²) < 4.78 is 8.81. The number of aromatic nitrogens is 2. The van der Waals surface area contributed by atoms with Crippen LogP contribution in [-0.2, 0) is 9.47 Å². The van der Waals surface area contributed by atoms with Crippen LogP contribution < -0.4 is 11.5 Å². The Morgan fingerprint density at radius 3 is 1.50 bits per heavy atom. The number of ether oxygens (including phenoxy) is 2. The third kappa shape index (κ3) is 2.00. The predicted octanol–water partition coefficient (Wildman–Crippen LogP) is -0.786. The average Bonchev–Trinajstić information content (AvgIpc) is 2.29. The molecule has 0 atom stereocenters. The van der Waals surface area contributed by atoms with Gasteiger partial charge >= 0.3 is 11.9 Å². The molecule has 0 saturated carbocycles. The number of nitrogens with two attached hydrogens (primary N) is 2. The number of carbonyl (C=O) groups excluding carboxylic acids is 2. The fourth-order valence-electron chi connectivity index (χ4n) is 0.955. The molecule has 0 spiro atoms. The quantitative estimate of drug-likeness (QED) is 0.627. The van der Waals surface area contributed by atoms with Gasteiger partial charge in [0.2, 0.25) is 0 Å². The third-order valence-electron chi connectivity index (χ3n) is 1.71. The molecule has 0 aliphatic rings. The second kappa shape index (κ2) is 4.43. The molecule has 16 heavy (non-hydrogen) atoms. The zero-order valence-electron chi connectivity index (χ0n) is 8.68. The second-order valence-electron chi connectivity index (χ2n) is 2.67. The zero-order valence-corrected chi connectivity index (χ0v) is 8.68. The molecule has 4 N–H and O–H groups in total. The normalized spacial score (nSPS) is 9.62. The van der Waals surface area contributed by atoms with E-state index < -0.39 is 11.9 Å². The molecule has 1 aromatic heterocycles. The molecular formula is C8H10N4O4. The van der Waals surface area contributed by atoms with Crippen molar-refractivity contribution in [3.8, 4) is 0 Å². The summed E-state index contributed by atoms with van der Waals surface area (Å²) in [6, 6.07) is 0. The van der Waals surface area contributed by atoms with Crippen molar-refractivity contribution in [3.63, 3.8) is 0 Å². The second-order valence-corrected chi connectivity index (χ2v) is 2.67. The van der Waals surface area contributed by atoms with Crippen molar-refractivity contribution in [1.29, 1.82) is 0 Å². The molecule has 8 heteroatoms. The van der Waals surface area contributed by atoms with Gasteiger partial charge in [0.25, 0.3) is 0 Å². The maximum absolute atomic E-state index is 11.2. The van der Waals surface area contributed by atoms with Crippen molar-refractivity contribution in [2.24, 2.45) is 0 Å². The van der Waals surface area contributed by atoms with Gasteiger partial charge in [0.05, 0.1) is 14.2 Å². The van der Waals surface area contributed by atoms with Crippen LogP contribution in [0.5, 0.6) is 0 Å². The number of methoxy groups -OCH3 is 2. The van der Waals surface area contributed by atoms with E-state index in [0.29, 0.717) is 0 Å². The van der Waals surface area contributed by atoms with E-state index >= 15 is 0 Å². The van der Waals surface area contributed by atoms with Crippen LogP contribution in [-0.4, -0.2) is 36.1 Å². The monoisotopic (exact) mass is 226 g/mol. The number of hydrogen-bond acceptors (Lipinski definition) is 8. The molecule has 0 bridgehead atoms. The van der Waals surface area contributed by atoms with Crippen molar-refractivity contribution < 1.29 is 19.1 Å². The van der Waals surface area contributed by atoms with Crippen molar-refractivity contribution >= 4 is 23.6 Å². The lowest BCUT2D eigenvalue weighted by Crippen LogP contribution is -2.17. The first-order valence-corrected chi connectivity index (χ1v) is 4.10. The smallest absolute Gasteiger partial charge is 0.360 e. The van der Waals surface area contributed by atoms with Crippen molar-refractivity contribution in [2.45, 2.75) is 0 Å². The van der Waals surface area contributed by atoms with Gasteiger partial charge in [-0.3, -0.25) is 0 Å². The highest BCUT2D eigenvalue weighted by molar-refractivity contribution is 5.96. The Bertz CT molecular complexity index is 404. The number of carbonyl (C=O) groups is 2. The van der Waals surface area contributed by atoms with Gasteiger partial charge < -0.3 is 20.9 Å². The van der Waals surface area contributed by atoms with E-state index in [4.69, 9.17) is 11.5 Å². The number of rotatable bonds is 2. The molecule has 1 rings (SSSR count). The summed E-state index contributed by atoms with van der Waals surface area (Å²) >= 11 is 0. The van der Waals surface area contributed by atoms with Crippen LogP contribution in [0.25, 0.3) is 0 Å². The van der Waals surface area contributed by atoms with Gasteiger partial charge in [0, 0.05) is 0 Å². The number of esters is 2. The molecule has 0 saturated heterocycles. The van der Waals surface area contributed by atoms with Crippen LogP contribution in [0, 0.1) is 0 Å². The fourth-order valence-corrected chi connectivity index (χ4v) is 0.955. The standard InChI is InChI=1S/C8H10N4O4/c1-15-7(13)3-5(9)12-4(6(10)11-3)8(14)16-2/h1-2H3,(H2,10,11)(H2,9,12). The van der Waals surface area contributed by atoms with Gasteiger partial charge in [-0.1, -0.05) is 0 Å². The van der Waals surface area contributed by atoms with Gasteiger partial charge in [-0.05, 0) is 0 Å². The molecule has 1 aromatic rings. The molecule has 0 unspecified atom stereocenters. The number of hydrogen-bond donors (Lipinski definition) is 2. The molecule has 1 heterocycles. The SMILES string of the molecule is COC(=O)c1nc(N)c(C(=O)OC)nc1N. The molecule has 0 fully saturated rings. The van der Waals surface area contributed by atoms with E-state index in [0.717, 1.165) is 14.2 Å². The molecular weight excluding hydrogens is 216 g/mol. The van der Waals surface area contributed by atoms with Crippen molar-refractivity contribution in [3.05, 3.63) is 11.4 Å². The minimum absolute atomic E-state index is 0.243. The predicted molar refractivity (Wildman–Crippen MR) is 53.5 cm³/mol. The number of nitrogen functional groups attached to an aromatic ring is 2. The lowest BCUT2D eigenvalue weighted by Gasteiger charge is -2.06. The number of nitrogens with zero attached hydrogens (tertiary/aromatic N) is 2.